The van der Waals surface area contributed by atoms with Gasteiger partial charge in [0.1, 0.15) is 6.54 Å². The van der Waals surface area contributed by atoms with Crippen LogP contribution in [-0.4, -0.2) is 62.0 Å². The van der Waals surface area contributed by atoms with Crippen LogP contribution in [-0.2, 0) is 4.79 Å². The van der Waals surface area contributed by atoms with Crippen LogP contribution in [0.1, 0.15) is 25.7 Å². The number of nitrogens with one attached hydrogen (secondary N) is 2. The molecule has 0 bridgehead atoms. The zero-order valence-electron chi connectivity index (χ0n) is 12.6. The number of guanidine groups is 1. The Balaban J connectivity index is 0.00000361. The fourth-order valence-electron chi connectivity index (χ4n) is 1.98. The summed E-state index contributed by atoms with van der Waals surface area (Å²) in [5.41, 5.74) is 0. The van der Waals surface area contributed by atoms with E-state index in [0.717, 1.165) is 18.3 Å². The Hall–Kier alpha value is -0.180. The first-order valence-electron chi connectivity index (χ1n) is 6.87. The minimum Gasteiger partial charge on any atom is -0.356 e. The number of carbonyl (C=O) groups is 1. The van der Waals surface area contributed by atoms with Gasteiger partial charge in [-0.2, -0.15) is 11.8 Å². The largest absolute Gasteiger partial charge is 0.356 e. The standard InChI is InChI=1S/C13H26N4OS.HI/c1-17(2)12(18)10-15-13(14-8-9-19-3)16-11-6-4-5-7-11;/h11H,4-10H2,1-3H3,(H2,14,15,16);1H. The number of likely N-dealkylation sites (N-methyl/N-ethyl adjacent to an activating group) is 1. The summed E-state index contributed by atoms with van der Waals surface area (Å²) in [6, 6.07) is 0.509. The predicted molar refractivity (Wildman–Crippen MR) is 98.2 cm³/mol. The maximum Gasteiger partial charge on any atom is 0.243 e. The van der Waals surface area contributed by atoms with Crippen molar-refractivity contribution >= 4 is 47.6 Å². The lowest BCUT2D eigenvalue weighted by Crippen LogP contribution is -2.43. The van der Waals surface area contributed by atoms with E-state index in [1.54, 1.807) is 30.8 Å². The second kappa shape index (κ2) is 11.5. The molecule has 0 saturated heterocycles. The molecule has 0 atom stereocenters. The van der Waals surface area contributed by atoms with Crippen molar-refractivity contribution in [2.45, 2.75) is 31.7 Å². The van der Waals surface area contributed by atoms with Crippen LogP contribution >= 0.6 is 35.7 Å². The molecule has 0 aromatic carbocycles. The van der Waals surface area contributed by atoms with Gasteiger partial charge in [0.25, 0.3) is 0 Å². The van der Waals surface area contributed by atoms with Gasteiger partial charge in [-0.25, -0.2) is 4.99 Å². The van der Waals surface area contributed by atoms with E-state index >= 15 is 0 Å². The molecule has 0 heterocycles. The molecule has 1 saturated carbocycles. The first kappa shape index (κ1) is 19.8. The topological polar surface area (TPSA) is 56.7 Å². The van der Waals surface area contributed by atoms with Gasteiger partial charge in [0.15, 0.2) is 5.96 Å². The second-order valence-corrected chi connectivity index (χ2v) is 5.98. The molecule has 0 aliphatic heterocycles. The summed E-state index contributed by atoms with van der Waals surface area (Å²) in [6.07, 6.45) is 7.05. The minimum atomic E-state index is 0. The van der Waals surface area contributed by atoms with Gasteiger partial charge in [-0.05, 0) is 19.1 Å². The highest BCUT2D eigenvalue weighted by molar-refractivity contribution is 14.0. The van der Waals surface area contributed by atoms with Crippen LogP contribution in [0.2, 0.25) is 0 Å². The second-order valence-electron chi connectivity index (χ2n) is 5.00. The van der Waals surface area contributed by atoms with Gasteiger partial charge in [-0.1, -0.05) is 12.8 Å². The number of rotatable bonds is 6. The van der Waals surface area contributed by atoms with E-state index in [-0.39, 0.29) is 36.4 Å². The number of hydrogen-bond acceptors (Lipinski definition) is 3. The fourth-order valence-corrected chi connectivity index (χ4v) is 2.28. The summed E-state index contributed by atoms with van der Waals surface area (Å²) in [7, 11) is 3.51. The molecule has 0 unspecified atom stereocenters. The molecule has 2 N–H and O–H groups in total. The molecule has 118 valence electrons. The highest BCUT2D eigenvalue weighted by atomic mass is 127. The van der Waals surface area contributed by atoms with E-state index in [0.29, 0.717) is 6.04 Å². The number of halogens is 1. The zero-order chi connectivity index (χ0) is 14.1. The lowest BCUT2D eigenvalue weighted by molar-refractivity contribution is -0.127. The molecule has 1 amide bonds. The molecule has 1 rings (SSSR count). The van der Waals surface area contributed by atoms with Gasteiger partial charge in [-0.15, -0.1) is 24.0 Å². The van der Waals surface area contributed by atoms with E-state index in [1.165, 1.54) is 25.7 Å². The van der Waals surface area contributed by atoms with Gasteiger partial charge in [-0.3, -0.25) is 4.79 Å². The van der Waals surface area contributed by atoms with Crippen molar-refractivity contribution in [3.05, 3.63) is 0 Å². The third kappa shape index (κ3) is 8.18. The summed E-state index contributed by atoms with van der Waals surface area (Å²) < 4.78 is 0. The Labute approximate surface area is 143 Å². The average molecular weight is 414 g/mol. The Morgan fingerprint density at radius 2 is 2.00 bits per heavy atom. The normalized spacial score (nSPS) is 15.7. The molecule has 5 nitrogen and oxygen atoms in total. The van der Waals surface area contributed by atoms with Gasteiger partial charge in [0, 0.05) is 32.4 Å². The Morgan fingerprint density at radius 3 is 2.55 bits per heavy atom. The van der Waals surface area contributed by atoms with Crippen molar-refractivity contribution in [1.29, 1.82) is 0 Å². The van der Waals surface area contributed by atoms with Crippen LogP contribution in [0, 0.1) is 0 Å². The van der Waals surface area contributed by atoms with Crippen LogP contribution in [0.15, 0.2) is 4.99 Å². The monoisotopic (exact) mass is 414 g/mol. The molecule has 0 aromatic heterocycles. The number of amides is 1. The molecule has 1 aliphatic rings. The first-order valence-corrected chi connectivity index (χ1v) is 8.27. The lowest BCUT2D eigenvalue weighted by atomic mass is 10.2. The van der Waals surface area contributed by atoms with Gasteiger partial charge in [0.05, 0.1) is 0 Å². The van der Waals surface area contributed by atoms with Crippen LogP contribution in [0.4, 0.5) is 0 Å². The molecule has 0 radical (unpaired) electrons. The third-order valence-corrected chi connectivity index (χ3v) is 3.78. The SMILES string of the molecule is CSCCNC(=NCC(=O)N(C)C)NC1CCCC1.I. The number of carbonyl (C=O) groups excluding carboxylic acids is 1. The molecule has 0 aromatic rings. The van der Waals surface area contributed by atoms with E-state index in [2.05, 4.69) is 21.9 Å². The number of hydrogen-bond donors (Lipinski definition) is 2. The van der Waals surface area contributed by atoms with Crippen LogP contribution in [0.25, 0.3) is 0 Å². The molecule has 7 heteroatoms. The van der Waals surface area contributed by atoms with Gasteiger partial charge in [0.2, 0.25) is 5.91 Å². The lowest BCUT2D eigenvalue weighted by Gasteiger charge is -2.17. The maximum absolute atomic E-state index is 11.6. The molecule has 1 fully saturated rings. The van der Waals surface area contributed by atoms with Crippen molar-refractivity contribution in [3.63, 3.8) is 0 Å². The van der Waals surface area contributed by atoms with Crippen molar-refractivity contribution < 1.29 is 4.79 Å². The predicted octanol–water partition coefficient (Wildman–Crippen LogP) is 1.53. The summed E-state index contributed by atoms with van der Waals surface area (Å²) in [5, 5.41) is 6.72. The molecule has 1 aliphatic carbocycles. The van der Waals surface area contributed by atoms with E-state index in [1.807, 2.05) is 0 Å². The Morgan fingerprint density at radius 1 is 1.35 bits per heavy atom. The summed E-state index contributed by atoms with van der Waals surface area (Å²) in [4.78, 5) is 17.5. The molecule has 20 heavy (non-hydrogen) atoms. The van der Waals surface area contributed by atoms with Crippen LogP contribution in [0.5, 0.6) is 0 Å². The molecular weight excluding hydrogens is 387 g/mol. The maximum atomic E-state index is 11.6. The number of nitrogens with zero attached hydrogens (tertiary/aromatic N) is 2. The number of aliphatic imine (C=N–C) groups is 1. The highest BCUT2D eigenvalue weighted by Gasteiger charge is 2.16. The Bertz CT molecular complexity index is 307. The summed E-state index contributed by atoms with van der Waals surface area (Å²) >= 11 is 1.80. The summed E-state index contributed by atoms with van der Waals surface area (Å²) in [5.74, 6) is 1.83. The minimum absolute atomic E-state index is 0. The fraction of sp³-hybridized carbons (Fsp3) is 0.846. The van der Waals surface area contributed by atoms with E-state index in [4.69, 9.17) is 0 Å². The first-order chi connectivity index (χ1) is 9.13. The van der Waals surface area contributed by atoms with Crippen molar-refractivity contribution in [2.24, 2.45) is 4.99 Å². The molecule has 0 spiro atoms. The summed E-state index contributed by atoms with van der Waals surface area (Å²) in [6.45, 7) is 1.07. The highest BCUT2D eigenvalue weighted by Crippen LogP contribution is 2.17. The third-order valence-electron chi connectivity index (χ3n) is 3.17. The van der Waals surface area contributed by atoms with Gasteiger partial charge < -0.3 is 15.5 Å². The zero-order valence-corrected chi connectivity index (χ0v) is 15.8. The van der Waals surface area contributed by atoms with Crippen molar-refractivity contribution in [1.82, 2.24) is 15.5 Å². The van der Waals surface area contributed by atoms with E-state index in [9.17, 15) is 4.79 Å². The quantitative estimate of drug-likeness (QED) is 0.300. The van der Waals surface area contributed by atoms with Crippen LogP contribution < -0.4 is 10.6 Å². The van der Waals surface area contributed by atoms with Crippen molar-refractivity contribution in [2.75, 3.05) is 39.2 Å². The van der Waals surface area contributed by atoms with Gasteiger partial charge >= 0.3 is 0 Å². The van der Waals surface area contributed by atoms with E-state index < -0.39 is 0 Å². The van der Waals surface area contributed by atoms with Crippen molar-refractivity contribution in [3.8, 4) is 0 Å². The smallest absolute Gasteiger partial charge is 0.243 e. The molecular formula is C13H27IN4OS. The average Bonchev–Trinajstić information content (AvgIpc) is 2.88. The van der Waals surface area contributed by atoms with Crippen LogP contribution in [0.3, 0.4) is 0 Å². The Kier molecular flexibility index (Phi) is 11.4. The number of thioether (sulfide) groups is 1.